The van der Waals surface area contributed by atoms with Crippen molar-refractivity contribution in [1.29, 1.82) is 5.26 Å². The Kier molecular flexibility index (Phi) is 4.53. The maximum Gasteiger partial charge on any atom is 0.416 e. The van der Waals surface area contributed by atoms with E-state index in [2.05, 4.69) is 11.4 Å². The molecule has 0 aromatic heterocycles. The molecule has 0 radical (unpaired) electrons. The van der Waals surface area contributed by atoms with Gasteiger partial charge in [-0.25, -0.2) is 0 Å². The summed E-state index contributed by atoms with van der Waals surface area (Å²) in [7, 11) is 0. The summed E-state index contributed by atoms with van der Waals surface area (Å²) >= 11 is 0. The zero-order valence-electron chi connectivity index (χ0n) is 11.1. The fraction of sp³-hybridized carbons (Fsp3) is 0.533. The van der Waals surface area contributed by atoms with Crippen molar-refractivity contribution in [3.05, 3.63) is 29.8 Å². The van der Waals surface area contributed by atoms with Crippen LogP contribution < -0.4 is 5.32 Å². The lowest BCUT2D eigenvalue weighted by molar-refractivity contribution is -0.137. The molecule has 0 saturated heterocycles. The topological polar surface area (TPSA) is 35.8 Å². The van der Waals surface area contributed by atoms with Gasteiger partial charge in [-0.05, 0) is 31.0 Å². The zero-order valence-corrected chi connectivity index (χ0v) is 11.1. The summed E-state index contributed by atoms with van der Waals surface area (Å²) < 4.78 is 38.0. The summed E-state index contributed by atoms with van der Waals surface area (Å²) in [5.74, 6) is -0.132. The Morgan fingerprint density at radius 2 is 1.90 bits per heavy atom. The number of anilines is 1. The highest BCUT2D eigenvalue weighted by atomic mass is 19.4. The Hall–Kier alpha value is -1.70. The molecule has 1 saturated carbocycles. The van der Waals surface area contributed by atoms with Gasteiger partial charge in [0.25, 0.3) is 0 Å². The van der Waals surface area contributed by atoms with Crippen LogP contribution in [-0.2, 0) is 6.18 Å². The smallest absolute Gasteiger partial charge is 0.381 e. The van der Waals surface area contributed by atoms with Gasteiger partial charge in [-0.3, -0.25) is 0 Å². The summed E-state index contributed by atoms with van der Waals surface area (Å²) in [6.07, 6.45) is 0.407. The van der Waals surface area contributed by atoms with Gasteiger partial charge in [0.05, 0.1) is 17.6 Å². The SMILES string of the molecule is N#CC1CCCCCC1Nc1cccc(C(F)(F)F)c1. The molecule has 1 aliphatic rings. The number of hydrogen-bond donors (Lipinski definition) is 1. The second kappa shape index (κ2) is 6.17. The van der Waals surface area contributed by atoms with E-state index in [-0.39, 0.29) is 12.0 Å². The van der Waals surface area contributed by atoms with Gasteiger partial charge in [-0.2, -0.15) is 18.4 Å². The second-order valence-electron chi connectivity index (χ2n) is 5.20. The van der Waals surface area contributed by atoms with Crippen molar-refractivity contribution >= 4 is 5.69 Å². The number of halogens is 3. The number of rotatable bonds is 2. The quantitative estimate of drug-likeness (QED) is 0.805. The van der Waals surface area contributed by atoms with Crippen LogP contribution >= 0.6 is 0 Å². The van der Waals surface area contributed by atoms with Crippen molar-refractivity contribution in [2.75, 3.05) is 5.32 Å². The van der Waals surface area contributed by atoms with E-state index >= 15 is 0 Å². The molecular formula is C15H17F3N2. The van der Waals surface area contributed by atoms with E-state index in [4.69, 9.17) is 0 Å². The predicted octanol–water partition coefficient (Wildman–Crippen LogP) is 4.59. The summed E-state index contributed by atoms with van der Waals surface area (Å²) in [4.78, 5) is 0. The third kappa shape index (κ3) is 3.66. The van der Waals surface area contributed by atoms with Crippen LogP contribution in [0, 0.1) is 17.2 Å². The largest absolute Gasteiger partial charge is 0.416 e. The summed E-state index contributed by atoms with van der Waals surface area (Å²) in [6.45, 7) is 0. The molecule has 0 amide bonds. The number of hydrogen-bond acceptors (Lipinski definition) is 2. The van der Waals surface area contributed by atoms with Crippen molar-refractivity contribution in [2.24, 2.45) is 5.92 Å². The molecule has 108 valence electrons. The first-order valence-electron chi connectivity index (χ1n) is 6.84. The van der Waals surface area contributed by atoms with E-state index < -0.39 is 11.7 Å². The van der Waals surface area contributed by atoms with Crippen LogP contribution in [0.2, 0.25) is 0 Å². The van der Waals surface area contributed by atoms with E-state index in [1.165, 1.54) is 6.07 Å². The molecule has 1 aliphatic carbocycles. The van der Waals surface area contributed by atoms with Crippen LogP contribution in [-0.4, -0.2) is 6.04 Å². The monoisotopic (exact) mass is 282 g/mol. The lowest BCUT2D eigenvalue weighted by atomic mass is 9.96. The maximum atomic E-state index is 12.7. The molecule has 2 rings (SSSR count). The van der Waals surface area contributed by atoms with Gasteiger partial charge in [-0.1, -0.05) is 25.3 Å². The van der Waals surface area contributed by atoms with Gasteiger partial charge in [0.15, 0.2) is 0 Å². The second-order valence-corrected chi connectivity index (χ2v) is 5.20. The van der Waals surface area contributed by atoms with E-state index in [9.17, 15) is 18.4 Å². The standard InChI is InChI=1S/C15H17F3N2/c16-15(17,18)12-6-4-7-13(9-12)20-14-8-3-1-2-5-11(14)10-19/h4,6-7,9,11,14,20H,1-3,5,8H2. The molecule has 1 N–H and O–H groups in total. The molecule has 5 heteroatoms. The molecular weight excluding hydrogens is 265 g/mol. The van der Waals surface area contributed by atoms with Crippen molar-refractivity contribution in [3.8, 4) is 6.07 Å². The Labute approximate surface area is 116 Å². The van der Waals surface area contributed by atoms with Crippen LogP contribution in [0.4, 0.5) is 18.9 Å². The number of nitrogens with zero attached hydrogens (tertiary/aromatic N) is 1. The van der Waals surface area contributed by atoms with Gasteiger partial charge in [0.1, 0.15) is 0 Å². The van der Waals surface area contributed by atoms with E-state index in [0.29, 0.717) is 5.69 Å². The fourth-order valence-electron chi connectivity index (χ4n) is 2.63. The van der Waals surface area contributed by atoms with Crippen molar-refractivity contribution in [3.63, 3.8) is 0 Å². The number of alkyl halides is 3. The first-order valence-corrected chi connectivity index (χ1v) is 6.84. The number of benzene rings is 1. The fourth-order valence-corrected chi connectivity index (χ4v) is 2.63. The Morgan fingerprint density at radius 1 is 1.15 bits per heavy atom. The molecule has 2 unspecified atom stereocenters. The van der Waals surface area contributed by atoms with Crippen molar-refractivity contribution < 1.29 is 13.2 Å². The van der Waals surface area contributed by atoms with Gasteiger partial charge in [0, 0.05) is 11.7 Å². The van der Waals surface area contributed by atoms with Crippen molar-refractivity contribution in [1.82, 2.24) is 0 Å². The van der Waals surface area contributed by atoms with Crippen LogP contribution in [0.1, 0.15) is 37.7 Å². The maximum absolute atomic E-state index is 12.7. The average molecular weight is 282 g/mol. The molecule has 2 nitrogen and oxygen atoms in total. The molecule has 1 aromatic carbocycles. The van der Waals surface area contributed by atoms with Crippen molar-refractivity contribution in [2.45, 2.75) is 44.3 Å². The highest BCUT2D eigenvalue weighted by Crippen LogP contribution is 2.32. The van der Waals surface area contributed by atoms with Gasteiger partial charge >= 0.3 is 6.18 Å². The third-order valence-corrected chi connectivity index (χ3v) is 3.72. The van der Waals surface area contributed by atoms with Crippen LogP contribution in [0.25, 0.3) is 0 Å². The molecule has 0 spiro atoms. The normalized spacial score (nSPS) is 23.7. The Bertz CT molecular complexity index is 491. The van der Waals surface area contributed by atoms with Gasteiger partial charge in [-0.15, -0.1) is 0 Å². The van der Waals surface area contributed by atoms with Crippen LogP contribution in [0.5, 0.6) is 0 Å². The molecule has 1 fully saturated rings. The molecule has 1 aromatic rings. The summed E-state index contributed by atoms with van der Waals surface area (Å²) in [5.41, 5.74) is -0.225. The lowest BCUT2D eigenvalue weighted by Crippen LogP contribution is -2.27. The first kappa shape index (κ1) is 14.7. The van der Waals surface area contributed by atoms with E-state index in [0.717, 1.165) is 44.2 Å². The molecule has 0 bridgehead atoms. The highest BCUT2D eigenvalue weighted by molar-refractivity contribution is 5.47. The minimum atomic E-state index is -4.34. The van der Waals surface area contributed by atoms with Crippen LogP contribution in [0.3, 0.4) is 0 Å². The minimum absolute atomic E-state index is 0.0639. The molecule has 0 aliphatic heterocycles. The summed E-state index contributed by atoms with van der Waals surface area (Å²) in [6, 6.07) is 7.39. The number of nitrogens with one attached hydrogen (secondary N) is 1. The molecule has 20 heavy (non-hydrogen) atoms. The van der Waals surface area contributed by atoms with E-state index in [1.807, 2.05) is 0 Å². The lowest BCUT2D eigenvalue weighted by Gasteiger charge is -2.22. The minimum Gasteiger partial charge on any atom is -0.381 e. The Morgan fingerprint density at radius 3 is 2.60 bits per heavy atom. The predicted molar refractivity (Wildman–Crippen MR) is 71.0 cm³/mol. The van der Waals surface area contributed by atoms with Crippen LogP contribution in [0.15, 0.2) is 24.3 Å². The number of nitriles is 1. The van der Waals surface area contributed by atoms with E-state index in [1.54, 1.807) is 6.07 Å². The highest BCUT2D eigenvalue weighted by Gasteiger charge is 2.31. The zero-order chi connectivity index (χ0) is 14.6. The Balaban J connectivity index is 2.14. The average Bonchev–Trinajstić information content (AvgIpc) is 2.63. The van der Waals surface area contributed by atoms with Gasteiger partial charge < -0.3 is 5.32 Å². The first-order chi connectivity index (χ1) is 9.50. The summed E-state index contributed by atoms with van der Waals surface area (Å²) in [5, 5.41) is 12.3. The third-order valence-electron chi connectivity index (χ3n) is 3.72. The van der Waals surface area contributed by atoms with Gasteiger partial charge in [0.2, 0.25) is 0 Å². The molecule has 2 atom stereocenters. The molecule has 0 heterocycles.